The second kappa shape index (κ2) is 9.80. The topological polar surface area (TPSA) is 57.2 Å². The Kier molecular flexibility index (Phi) is 7.17. The number of carbonyl (C=O) groups excluding carboxylic acids is 1. The summed E-state index contributed by atoms with van der Waals surface area (Å²) in [5.41, 5.74) is 3.82. The van der Waals surface area contributed by atoms with Crippen LogP contribution >= 0.6 is 23.2 Å². The molecule has 1 aliphatic heterocycles. The molecule has 1 N–H and O–H groups in total. The summed E-state index contributed by atoms with van der Waals surface area (Å²) in [5.74, 6) is -0.675. The molecular formula is C20H21Cl2FN4O2. The van der Waals surface area contributed by atoms with Crippen molar-refractivity contribution >= 4 is 46.4 Å². The first kappa shape index (κ1) is 21.2. The standard InChI is InChI=1S/C20H21Cl2FN4O2/c1-2-29-20(28)19(25-24-17-13-14(21)7-8-15(17)22)27-11-9-26(10-12-27)18-6-4-3-5-16(18)23/h3-8,13,24H,2,9-12H2,1H3. The summed E-state index contributed by atoms with van der Waals surface area (Å²) in [7, 11) is 0. The quantitative estimate of drug-likeness (QED) is 0.334. The van der Waals surface area contributed by atoms with Crippen LogP contribution in [0.5, 0.6) is 0 Å². The van der Waals surface area contributed by atoms with Gasteiger partial charge in [-0.3, -0.25) is 5.43 Å². The minimum Gasteiger partial charge on any atom is -0.460 e. The minimum atomic E-state index is -0.544. The van der Waals surface area contributed by atoms with Crippen LogP contribution in [-0.4, -0.2) is 49.5 Å². The molecule has 9 heteroatoms. The van der Waals surface area contributed by atoms with Gasteiger partial charge in [0, 0.05) is 31.2 Å². The van der Waals surface area contributed by atoms with Crippen LogP contribution in [0, 0.1) is 5.82 Å². The molecule has 0 amide bonds. The molecule has 1 saturated heterocycles. The van der Waals surface area contributed by atoms with E-state index in [1.54, 1.807) is 48.2 Å². The molecule has 2 aromatic carbocycles. The number of nitrogens with zero attached hydrogens (tertiary/aromatic N) is 3. The number of para-hydroxylation sites is 1. The second-order valence-electron chi connectivity index (χ2n) is 6.32. The average molecular weight is 439 g/mol. The van der Waals surface area contributed by atoms with Crippen molar-refractivity contribution in [3.05, 3.63) is 58.3 Å². The third-order valence-electron chi connectivity index (χ3n) is 4.44. The van der Waals surface area contributed by atoms with E-state index >= 15 is 0 Å². The molecule has 0 atom stereocenters. The van der Waals surface area contributed by atoms with Crippen molar-refractivity contribution < 1.29 is 13.9 Å². The number of hydrogen-bond acceptors (Lipinski definition) is 5. The van der Waals surface area contributed by atoms with E-state index in [1.807, 2.05) is 4.90 Å². The van der Waals surface area contributed by atoms with Gasteiger partial charge in [0.15, 0.2) is 0 Å². The van der Waals surface area contributed by atoms with E-state index < -0.39 is 5.97 Å². The Morgan fingerprint density at radius 2 is 1.90 bits per heavy atom. The summed E-state index contributed by atoms with van der Waals surface area (Å²) < 4.78 is 19.2. The second-order valence-corrected chi connectivity index (χ2v) is 7.16. The largest absolute Gasteiger partial charge is 0.460 e. The highest BCUT2D eigenvalue weighted by Crippen LogP contribution is 2.25. The Morgan fingerprint density at radius 1 is 1.17 bits per heavy atom. The van der Waals surface area contributed by atoms with Gasteiger partial charge >= 0.3 is 5.97 Å². The Morgan fingerprint density at radius 3 is 2.59 bits per heavy atom. The lowest BCUT2D eigenvalue weighted by Crippen LogP contribution is -2.51. The average Bonchev–Trinajstić information content (AvgIpc) is 2.72. The van der Waals surface area contributed by atoms with Crippen molar-refractivity contribution in [1.82, 2.24) is 4.90 Å². The third kappa shape index (κ3) is 5.31. The number of amidine groups is 1. The number of piperazine rings is 1. The number of hydrazone groups is 1. The molecule has 0 aromatic heterocycles. The highest BCUT2D eigenvalue weighted by molar-refractivity contribution is 6.36. The molecule has 0 saturated carbocycles. The number of anilines is 2. The van der Waals surface area contributed by atoms with Crippen molar-refractivity contribution in [1.29, 1.82) is 0 Å². The van der Waals surface area contributed by atoms with Gasteiger partial charge in [-0.05, 0) is 37.3 Å². The number of hydrogen-bond donors (Lipinski definition) is 1. The van der Waals surface area contributed by atoms with E-state index in [2.05, 4.69) is 10.5 Å². The van der Waals surface area contributed by atoms with Gasteiger partial charge in [0.2, 0.25) is 5.84 Å². The first-order valence-corrected chi connectivity index (χ1v) is 9.95. The van der Waals surface area contributed by atoms with E-state index in [9.17, 15) is 9.18 Å². The van der Waals surface area contributed by atoms with Crippen molar-refractivity contribution in [3.8, 4) is 0 Å². The lowest BCUT2D eigenvalue weighted by Gasteiger charge is -2.37. The molecular weight excluding hydrogens is 418 g/mol. The van der Waals surface area contributed by atoms with Crippen LogP contribution in [0.1, 0.15) is 6.92 Å². The van der Waals surface area contributed by atoms with Crippen molar-refractivity contribution in [2.45, 2.75) is 6.92 Å². The molecule has 0 radical (unpaired) electrons. The Labute approximate surface area is 178 Å². The maximum Gasteiger partial charge on any atom is 0.375 e. The molecule has 0 spiro atoms. The zero-order valence-electron chi connectivity index (χ0n) is 15.9. The fraction of sp³-hybridized carbons (Fsp3) is 0.300. The molecule has 0 bridgehead atoms. The summed E-state index contributed by atoms with van der Waals surface area (Å²) in [6.07, 6.45) is 0. The number of rotatable bonds is 4. The molecule has 1 heterocycles. The van der Waals surface area contributed by atoms with Crippen LogP contribution in [0.25, 0.3) is 0 Å². The van der Waals surface area contributed by atoms with Crippen LogP contribution in [0.3, 0.4) is 0 Å². The van der Waals surface area contributed by atoms with Gasteiger partial charge in [-0.15, -0.1) is 5.10 Å². The third-order valence-corrected chi connectivity index (χ3v) is 5.01. The Bertz CT molecular complexity index is 902. The number of halogens is 3. The van der Waals surface area contributed by atoms with Gasteiger partial charge in [-0.2, -0.15) is 0 Å². The lowest BCUT2D eigenvalue weighted by molar-refractivity contribution is -0.135. The van der Waals surface area contributed by atoms with Gasteiger partial charge in [-0.1, -0.05) is 35.3 Å². The van der Waals surface area contributed by atoms with Gasteiger partial charge < -0.3 is 14.5 Å². The van der Waals surface area contributed by atoms with E-state index in [0.717, 1.165) is 0 Å². The Balaban J connectivity index is 1.75. The van der Waals surface area contributed by atoms with Crippen LogP contribution < -0.4 is 10.3 Å². The smallest absolute Gasteiger partial charge is 0.375 e. The molecule has 1 aliphatic rings. The fourth-order valence-electron chi connectivity index (χ4n) is 3.00. The summed E-state index contributed by atoms with van der Waals surface area (Å²) in [4.78, 5) is 16.2. The maximum atomic E-state index is 14.1. The van der Waals surface area contributed by atoms with E-state index in [4.69, 9.17) is 27.9 Å². The molecule has 154 valence electrons. The normalized spacial score (nSPS) is 14.7. The van der Waals surface area contributed by atoms with E-state index in [-0.39, 0.29) is 18.3 Å². The monoisotopic (exact) mass is 438 g/mol. The lowest BCUT2D eigenvalue weighted by atomic mass is 10.2. The number of ether oxygens (including phenoxy) is 1. The van der Waals surface area contributed by atoms with E-state index in [0.29, 0.717) is 47.6 Å². The Hall–Kier alpha value is -2.51. The number of carbonyl (C=O) groups is 1. The molecule has 1 fully saturated rings. The van der Waals surface area contributed by atoms with Gasteiger partial charge in [0.1, 0.15) is 5.82 Å². The maximum absolute atomic E-state index is 14.1. The highest BCUT2D eigenvalue weighted by atomic mass is 35.5. The van der Waals surface area contributed by atoms with Gasteiger partial charge in [0.05, 0.1) is 23.0 Å². The van der Waals surface area contributed by atoms with Gasteiger partial charge in [-0.25, -0.2) is 9.18 Å². The summed E-state index contributed by atoms with van der Waals surface area (Å²) in [6.45, 7) is 4.00. The fourth-order valence-corrected chi connectivity index (χ4v) is 3.34. The molecule has 0 aliphatic carbocycles. The van der Waals surface area contributed by atoms with E-state index in [1.165, 1.54) is 6.07 Å². The first-order chi connectivity index (χ1) is 14.0. The number of benzene rings is 2. The molecule has 0 unspecified atom stereocenters. The number of esters is 1. The highest BCUT2D eigenvalue weighted by Gasteiger charge is 2.26. The minimum absolute atomic E-state index is 0.135. The first-order valence-electron chi connectivity index (χ1n) is 9.20. The van der Waals surface area contributed by atoms with Crippen molar-refractivity contribution in [2.75, 3.05) is 43.1 Å². The summed E-state index contributed by atoms with van der Waals surface area (Å²) in [6, 6.07) is 11.6. The van der Waals surface area contributed by atoms with Crippen LogP contribution in [-0.2, 0) is 9.53 Å². The van der Waals surface area contributed by atoms with Crippen LogP contribution in [0.15, 0.2) is 47.6 Å². The zero-order chi connectivity index (χ0) is 20.8. The summed E-state index contributed by atoms with van der Waals surface area (Å²) in [5, 5.41) is 5.15. The van der Waals surface area contributed by atoms with Gasteiger partial charge in [0.25, 0.3) is 0 Å². The van der Waals surface area contributed by atoms with Crippen molar-refractivity contribution in [3.63, 3.8) is 0 Å². The molecule has 3 rings (SSSR count). The molecule has 29 heavy (non-hydrogen) atoms. The molecule has 2 aromatic rings. The van der Waals surface area contributed by atoms with Crippen LogP contribution in [0.4, 0.5) is 15.8 Å². The zero-order valence-corrected chi connectivity index (χ0v) is 17.4. The molecule has 6 nitrogen and oxygen atoms in total. The van der Waals surface area contributed by atoms with Crippen molar-refractivity contribution in [2.24, 2.45) is 5.10 Å². The summed E-state index contributed by atoms with van der Waals surface area (Å²) >= 11 is 12.1. The van der Waals surface area contributed by atoms with Crippen LogP contribution in [0.2, 0.25) is 10.0 Å². The number of nitrogens with one attached hydrogen (secondary N) is 1. The predicted molar refractivity (Wildman–Crippen MR) is 114 cm³/mol. The SMILES string of the molecule is CCOC(=O)C(=NNc1cc(Cl)ccc1Cl)N1CCN(c2ccccc2F)CC1. The predicted octanol–water partition coefficient (Wildman–Crippen LogP) is 4.24.